The van der Waals surface area contributed by atoms with Gasteiger partial charge in [0, 0.05) is 11.8 Å². The van der Waals surface area contributed by atoms with E-state index in [9.17, 15) is 4.79 Å². The molecule has 0 spiro atoms. The molecule has 0 amide bonds. The van der Waals surface area contributed by atoms with Gasteiger partial charge in [0.05, 0.1) is 0 Å². The van der Waals surface area contributed by atoms with Crippen LogP contribution in [0, 0.1) is 56.7 Å². The summed E-state index contributed by atoms with van der Waals surface area (Å²) in [6.45, 7) is 24.9. The lowest BCUT2D eigenvalue weighted by Gasteiger charge is -2.73. The third-order valence-electron chi connectivity index (χ3n) is 17.0. The number of rotatable bonds is 16. The highest BCUT2D eigenvalue weighted by molar-refractivity contribution is 5.69. The summed E-state index contributed by atoms with van der Waals surface area (Å²) in [5.41, 5.74) is 3.15. The number of ether oxygens (including phenoxy) is 1. The van der Waals surface area contributed by atoms with Crippen LogP contribution in [0.3, 0.4) is 0 Å². The molecule has 5 aliphatic rings. The van der Waals surface area contributed by atoms with E-state index in [1.54, 1.807) is 0 Å². The van der Waals surface area contributed by atoms with Crippen molar-refractivity contribution in [2.75, 3.05) is 0 Å². The summed E-state index contributed by atoms with van der Waals surface area (Å²) in [6.07, 6.45) is 36.6. The molecule has 2 nitrogen and oxygen atoms in total. The molecule has 2 heteroatoms. The summed E-state index contributed by atoms with van der Waals surface area (Å²) >= 11 is 0. The average Bonchev–Trinajstić information content (AvgIpc) is 3.42. The van der Waals surface area contributed by atoms with Crippen LogP contribution in [0.1, 0.15) is 197 Å². The summed E-state index contributed by atoms with van der Waals surface area (Å²) in [5.74, 6) is 3.84. The molecule has 0 bridgehead atoms. The van der Waals surface area contributed by atoms with E-state index < -0.39 is 0 Å². The molecule has 1 unspecified atom stereocenters. The van der Waals surface area contributed by atoms with Gasteiger partial charge in [-0.15, -0.1) is 0 Å². The number of fused-ring (bicyclic) bond motifs is 7. The lowest BCUT2D eigenvalue weighted by atomic mass is 9.32. The van der Waals surface area contributed by atoms with Gasteiger partial charge in [-0.1, -0.05) is 117 Å². The Labute approximate surface area is 310 Å². The number of unbranched alkanes of at least 4 members (excludes halogenated alkanes) is 8. The van der Waals surface area contributed by atoms with Gasteiger partial charge in [0.15, 0.2) is 0 Å². The van der Waals surface area contributed by atoms with E-state index in [1.807, 2.05) is 0 Å². The minimum atomic E-state index is 0.0295. The summed E-state index contributed by atoms with van der Waals surface area (Å²) in [7, 11) is 0. The highest BCUT2D eigenvalue weighted by atomic mass is 16.5. The molecule has 50 heavy (non-hydrogen) atoms. The Kier molecular flexibility index (Phi) is 13.1. The number of hydrogen-bond donors (Lipinski definition) is 0. The second-order valence-electron chi connectivity index (χ2n) is 20.2. The SMILES string of the molecule is C=C(C)[C@@H]1CC[C@]2(C)CC[C@]3(C)C(CC[C@@H]4[C@@]5(C)CC[C@H](OC(=O)CCCCCCC/C=C/C/C=C/CCCCC)C(C)(C)[C@@H]5CC[C@]43C)[C@@H]12. The molecule has 5 fully saturated rings. The molecule has 5 rings (SSSR count). The van der Waals surface area contributed by atoms with Crippen molar-refractivity contribution in [3.63, 3.8) is 0 Å². The number of esters is 1. The van der Waals surface area contributed by atoms with E-state index in [0.29, 0.717) is 34.0 Å². The monoisotopic (exact) mass is 689 g/mol. The fourth-order valence-corrected chi connectivity index (χ4v) is 14.0. The quantitative estimate of drug-likeness (QED) is 0.0916. The van der Waals surface area contributed by atoms with Gasteiger partial charge in [0.2, 0.25) is 0 Å². The molecule has 0 aromatic heterocycles. The molecule has 0 saturated heterocycles. The van der Waals surface area contributed by atoms with Gasteiger partial charge in [0.25, 0.3) is 0 Å². The summed E-state index contributed by atoms with van der Waals surface area (Å²) in [5, 5.41) is 0. The lowest BCUT2D eigenvalue weighted by Crippen LogP contribution is -2.66. The fourth-order valence-electron chi connectivity index (χ4n) is 14.0. The van der Waals surface area contributed by atoms with Crippen LogP contribution in [0.2, 0.25) is 0 Å². The minimum Gasteiger partial charge on any atom is -0.462 e. The van der Waals surface area contributed by atoms with E-state index in [1.165, 1.54) is 115 Å². The highest BCUT2D eigenvalue weighted by Crippen LogP contribution is 2.77. The predicted octanol–water partition coefficient (Wildman–Crippen LogP) is 14.4. The number of carbonyl (C=O) groups is 1. The first-order chi connectivity index (χ1) is 23.7. The number of hydrogen-bond acceptors (Lipinski definition) is 2. The molecular weight excluding hydrogens is 609 g/mol. The summed E-state index contributed by atoms with van der Waals surface area (Å²) in [4.78, 5) is 13.2. The van der Waals surface area contributed by atoms with E-state index in [0.717, 1.165) is 49.4 Å². The lowest BCUT2D eigenvalue weighted by molar-refractivity contribution is -0.249. The van der Waals surface area contributed by atoms with Gasteiger partial charge >= 0.3 is 5.97 Å². The number of carbonyl (C=O) groups excluding carboxylic acids is 1. The fraction of sp³-hybridized carbons (Fsp3) is 0.854. The average molecular weight is 689 g/mol. The maximum absolute atomic E-state index is 13.2. The Morgan fingerprint density at radius 2 is 1.38 bits per heavy atom. The second kappa shape index (κ2) is 16.4. The molecule has 0 N–H and O–H groups in total. The summed E-state index contributed by atoms with van der Waals surface area (Å²) in [6, 6.07) is 0. The zero-order valence-corrected chi connectivity index (χ0v) is 34.4. The first kappa shape index (κ1) is 39.9. The molecule has 0 aromatic carbocycles. The van der Waals surface area contributed by atoms with Crippen molar-refractivity contribution in [3.05, 3.63) is 36.5 Å². The zero-order chi connectivity index (χ0) is 36.2. The van der Waals surface area contributed by atoms with Crippen molar-refractivity contribution in [3.8, 4) is 0 Å². The first-order valence-corrected chi connectivity index (χ1v) is 21.9. The van der Waals surface area contributed by atoms with Crippen molar-refractivity contribution in [1.82, 2.24) is 0 Å². The third kappa shape index (κ3) is 7.68. The van der Waals surface area contributed by atoms with Crippen LogP contribution in [-0.2, 0) is 9.53 Å². The normalized spacial score (nSPS) is 40.6. The largest absolute Gasteiger partial charge is 0.462 e. The molecule has 0 aliphatic heterocycles. The third-order valence-corrected chi connectivity index (χ3v) is 17.0. The number of allylic oxidation sites excluding steroid dienone is 5. The van der Waals surface area contributed by atoms with Crippen LogP contribution in [0.25, 0.3) is 0 Å². The smallest absolute Gasteiger partial charge is 0.306 e. The summed E-state index contributed by atoms with van der Waals surface area (Å²) < 4.78 is 6.42. The molecule has 10 atom stereocenters. The van der Waals surface area contributed by atoms with Gasteiger partial charge in [-0.25, -0.2) is 0 Å². The predicted molar refractivity (Wildman–Crippen MR) is 214 cm³/mol. The Bertz CT molecular complexity index is 1210. The molecule has 5 saturated carbocycles. The van der Waals surface area contributed by atoms with Crippen LogP contribution < -0.4 is 0 Å². The van der Waals surface area contributed by atoms with Crippen LogP contribution in [0.5, 0.6) is 0 Å². The Balaban J connectivity index is 1.08. The van der Waals surface area contributed by atoms with Gasteiger partial charge in [0.1, 0.15) is 6.10 Å². The van der Waals surface area contributed by atoms with Crippen molar-refractivity contribution >= 4 is 5.97 Å². The molecule has 0 heterocycles. The molecule has 0 radical (unpaired) electrons. The van der Waals surface area contributed by atoms with Crippen molar-refractivity contribution in [1.29, 1.82) is 0 Å². The van der Waals surface area contributed by atoms with Crippen LogP contribution in [0.15, 0.2) is 36.5 Å². The Morgan fingerprint density at radius 3 is 2.08 bits per heavy atom. The van der Waals surface area contributed by atoms with E-state index in [2.05, 4.69) is 86.3 Å². The Hall–Kier alpha value is -1.31. The first-order valence-electron chi connectivity index (χ1n) is 21.9. The standard InChI is InChI=1S/C48H80O2/c1-10-11-12-13-14-15-16-17-18-19-20-21-22-23-24-25-42(49)50-41-30-32-46(7)39(44(41,4)5)29-33-48(9)40(46)27-26-38-43-37(36(2)3)28-31-45(43,6)34-35-47(38,48)8/h14-15,17-18,37-41,43H,2,10-13,16,19-35H2,1,3-9H3/b15-14+,18-17+/t37-,38?,39-,40+,41-,43+,45+,46-,47+,48+/m0/s1. The van der Waals surface area contributed by atoms with Gasteiger partial charge < -0.3 is 4.74 Å². The molecular formula is C48H80O2. The van der Waals surface area contributed by atoms with Crippen molar-refractivity contribution in [2.45, 2.75) is 203 Å². The van der Waals surface area contributed by atoms with E-state index in [-0.39, 0.29) is 17.5 Å². The topological polar surface area (TPSA) is 26.3 Å². The van der Waals surface area contributed by atoms with Crippen molar-refractivity contribution in [2.24, 2.45) is 56.7 Å². The van der Waals surface area contributed by atoms with Gasteiger partial charge in [-0.3, -0.25) is 4.79 Å². The Morgan fingerprint density at radius 1 is 0.700 bits per heavy atom. The van der Waals surface area contributed by atoms with E-state index >= 15 is 0 Å². The maximum atomic E-state index is 13.2. The molecule has 0 aromatic rings. The van der Waals surface area contributed by atoms with Gasteiger partial charge in [-0.05, 0) is 161 Å². The zero-order valence-electron chi connectivity index (χ0n) is 34.4. The maximum Gasteiger partial charge on any atom is 0.306 e. The highest BCUT2D eigenvalue weighted by Gasteiger charge is 2.70. The van der Waals surface area contributed by atoms with Crippen LogP contribution >= 0.6 is 0 Å². The minimum absolute atomic E-state index is 0.0295. The molecule has 284 valence electrons. The van der Waals surface area contributed by atoms with Crippen molar-refractivity contribution < 1.29 is 9.53 Å². The van der Waals surface area contributed by atoms with E-state index in [4.69, 9.17) is 4.74 Å². The van der Waals surface area contributed by atoms with Gasteiger partial charge in [-0.2, -0.15) is 0 Å². The second-order valence-corrected chi connectivity index (χ2v) is 20.2. The molecule has 5 aliphatic carbocycles. The van der Waals surface area contributed by atoms with Crippen LogP contribution in [0.4, 0.5) is 0 Å². The van der Waals surface area contributed by atoms with Crippen LogP contribution in [-0.4, -0.2) is 12.1 Å².